The maximum atomic E-state index is 13.6. The first-order valence-corrected chi connectivity index (χ1v) is 4.73. The lowest BCUT2D eigenvalue weighted by Crippen LogP contribution is -1.93. The predicted octanol–water partition coefficient (Wildman–Crippen LogP) is 3.50. The largest absolute Gasteiger partial charge is 0.256 e. The fourth-order valence-electron chi connectivity index (χ4n) is 1.67. The molecular weight excluding hydrogens is 177 g/mol. The molecule has 1 aromatic carbocycles. The van der Waals surface area contributed by atoms with Gasteiger partial charge in [-0.05, 0) is 29.7 Å². The number of halogens is 1. The highest BCUT2D eigenvalue weighted by atomic mass is 19.1. The molecule has 0 bridgehead atoms. The Morgan fingerprint density at radius 3 is 2.71 bits per heavy atom. The summed E-state index contributed by atoms with van der Waals surface area (Å²) in [5.74, 6) is 0.136. The van der Waals surface area contributed by atoms with E-state index >= 15 is 0 Å². The van der Waals surface area contributed by atoms with Gasteiger partial charge in [-0.2, -0.15) is 0 Å². The Hall–Kier alpha value is -1.44. The lowest BCUT2D eigenvalue weighted by atomic mass is 9.99. The summed E-state index contributed by atoms with van der Waals surface area (Å²) >= 11 is 0. The highest BCUT2D eigenvalue weighted by Gasteiger charge is 2.09. The van der Waals surface area contributed by atoms with Gasteiger partial charge in [0.15, 0.2) is 0 Å². The Morgan fingerprint density at radius 1 is 1.21 bits per heavy atom. The normalized spacial score (nSPS) is 11.1. The Labute approximate surface area is 82.6 Å². The van der Waals surface area contributed by atoms with Crippen LogP contribution < -0.4 is 0 Å². The Balaban J connectivity index is 2.84. The molecule has 2 aromatic rings. The van der Waals surface area contributed by atoms with Crippen molar-refractivity contribution >= 4 is 10.9 Å². The van der Waals surface area contributed by atoms with Crippen LogP contribution >= 0.6 is 0 Å². The van der Waals surface area contributed by atoms with E-state index < -0.39 is 0 Å². The van der Waals surface area contributed by atoms with E-state index in [9.17, 15) is 4.39 Å². The minimum atomic E-state index is -0.181. The molecule has 72 valence electrons. The third kappa shape index (κ3) is 1.37. The van der Waals surface area contributed by atoms with Crippen LogP contribution in [0.3, 0.4) is 0 Å². The SMILES string of the molecule is CC(C)c1ccnc2cccc(F)c12. The molecule has 0 aliphatic carbocycles. The fourth-order valence-corrected chi connectivity index (χ4v) is 1.67. The quantitative estimate of drug-likeness (QED) is 0.669. The molecule has 0 fully saturated rings. The van der Waals surface area contributed by atoms with Gasteiger partial charge < -0.3 is 0 Å². The zero-order chi connectivity index (χ0) is 10.1. The fraction of sp³-hybridized carbons (Fsp3) is 0.250. The first-order valence-electron chi connectivity index (χ1n) is 4.73. The molecule has 0 N–H and O–H groups in total. The summed E-state index contributed by atoms with van der Waals surface area (Å²) in [5.41, 5.74) is 1.75. The number of nitrogens with zero attached hydrogens (tertiary/aromatic N) is 1. The first-order chi connectivity index (χ1) is 6.70. The van der Waals surface area contributed by atoms with Gasteiger partial charge in [-0.15, -0.1) is 0 Å². The van der Waals surface area contributed by atoms with E-state index in [1.807, 2.05) is 12.1 Å². The lowest BCUT2D eigenvalue weighted by molar-refractivity contribution is 0.637. The molecule has 1 heterocycles. The molecule has 1 nitrogen and oxygen atoms in total. The molecule has 14 heavy (non-hydrogen) atoms. The molecule has 1 aromatic heterocycles. The number of fused-ring (bicyclic) bond motifs is 1. The Bertz CT molecular complexity index is 458. The lowest BCUT2D eigenvalue weighted by Gasteiger charge is -2.09. The van der Waals surface area contributed by atoms with E-state index in [1.54, 1.807) is 12.3 Å². The number of hydrogen-bond acceptors (Lipinski definition) is 1. The summed E-state index contributed by atoms with van der Waals surface area (Å²) in [4.78, 5) is 4.15. The molecule has 0 unspecified atom stereocenters. The van der Waals surface area contributed by atoms with Crippen LogP contribution in [0, 0.1) is 5.82 Å². The second-order valence-corrected chi connectivity index (χ2v) is 3.69. The average molecular weight is 189 g/mol. The van der Waals surface area contributed by atoms with Crippen LogP contribution in [0.25, 0.3) is 10.9 Å². The van der Waals surface area contributed by atoms with Crippen molar-refractivity contribution in [3.8, 4) is 0 Å². The van der Waals surface area contributed by atoms with Crippen LogP contribution in [0.5, 0.6) is 0 Å². The van der Waals surface area contributed by atoms with E-state index in [0.29, 0.717) is 11.3 Å². The van der Waals surface area contributed by atoms with Gasteiger partial charge in [-0.1, -0.05) is 19.9 Å². The molecule has 0 saturated heterocycles. The van der Waals surface area contributed by atoms with Crippen LogP contribution in [0.4, 0.5) is 4.39 Å². The molecular formula is C12H12FN. The minimum absolute atomic E-state index is 0.181. The van der Waals surface area contributed by atoms with Crippen molar-refractivity contribution in [2.24, 2.45) is 0 Å². The van der Waals surface area contributed by atoms with Gasteiger partial charge in [0.1, 0.15) is 5.82 Å². The van der Waals surface area contributed by atoms with E-state index in [0.717, 1.165) is 11.1 Å². The summed E-state index contributed by atoms with van der Waals surface area (Å²) in [6.45, 7) is 4.11. The monoisotopic (exact) mass is 189 g/mol. The summed E-state index contributed by atoms with van der Waals surface area (Å²) in [5, 5.41) is 0.657. The Morgan fingerprint density at radius 2 is 2.00 bits per heavy atom. The molecule has 0 amide bonds. The smallest absolute Gasteiger partial charge is 0.132 e. The number of aromatic nitrogens is 1. The van der Waals surface area contributed by atoms with Crippen molar-refractivity contribution in [3.63, 3.8) is 0 Å². The second kappa shape index (κ2) is 3.37. The van der Waals surface area contributed by atoms with Crippen LogP contribution in [0.2, 0.25) is 0 Å². The number of pyridine rings is 1. The molecule has 2 heteroatoms. The average Bonchev–Trinajstić information content (AvgIpc) is 2.17. The van der Waals surface area contributed by atoms with Crippen LogP contribution in [-0.4, -0.2) is 4.98 Å². The van der Waals surface area contributed by atoms with Crippen LogP contribution in [0.15, 0.2) is 30.5 Å². The number of rotatable bonds is 1. The van der Waals surface area contributed by atoms with E-state index in [2.05, 4.69) is 18.8 Å². The van der Waals surface area contributed by atoms with Gasteiger partial charge >= 0.3 is 0 Å². The maximum absolute atomic E-state index is 13.6. The topological polar surface area (TPSA) is 12.9 Å². The molecule has 0 atom stereocenters. The summed E-state index contributed by atoms with van der Waals surface area (Å²) in [6.07, 6.45) is 1.73. The second-order valence-electron chi connectivity index (χ2n) is 3.69. The number of benzene rings is 1. The number of hydrogen-bond donors (Lipinski definition) is 0. The first kappa shape index (κ1) is 9.13. The van der Waals surface area contributed by atoms with Crippen molar-refractivity contribution in [3.05, 3.63) is 41.8 Å². The third-order valence-corrected chi connectivity index (χ3v) is 2.37. The highest BCUT2D eigenvalue weighted by molar-refractivity contribution is 5.83. The molecule has 0 aliphatic heterocycles. The van der Waals surface area contributed by atoms with Gasteiger partial charge in [-0.25, -0.2) is 4.39 Å². The zero-order valence-corrected chi connectivity index (χ0v) is 8.29. The van der Waals surface area contributed by atoms with Gasteiger partial charge in [0.2, 0.25) is 0 Å². The van der Waals surface area contributed by atoms with Crippen LogP contribution in [-0.2, 0) is 0 Å². The standard InChI is InChI=1S/C12H12FN/c1-8(2)9-6-7-14-11-5-3-4-10(13)12(9)11/h3-8H,1-2H3. The van der Waals surface area contributed by atoms with E-state index in [1.165, 1.54) is 6.07 Å². The van der Waals surface area contributed by atoms with E-state index in [-0.39, 0.29) is 5.82 Å². The summed E-state index contributed by atoms with van der Waals surface area (Å²) in [7, 11) is 0. The van der Waals surface area contributed by atoms with Gasteiger partial charge in [-0.3, -0.25) is 4.98 Å². The molecule has 0 radical (unpaired) electrons. The molecule has 0 saturated carbocycles. The molecule has 2 rings (SSSR count). The highest BCUT2D eigenvalue weighted by Crippen LogP contribution is 2.25. The van der Waals surface area contributed by atoms with Crippen LogP contribution in [0.1, 0.15) is 25.3 Å². The Kier molecular flexibility index (Phi) is 2.20. The summed E-state index contributed by atoms with van der Waals surface area (Å²) in [6, 6.07) is 6.89. The maximum Gasteiger partial charge on any atom is 0.132 e. The zero-order valence-electron chi connectivity index (χ0n) is 8.29. The predicted molar refractivity (Wildman–Crippen MR) is 55.8 cm³/mol. The van der Waals surface area contributed by atoms with Gasteiger partial charge in [0.25, 0.3) is 0 Å². The summed E-state index contributed by atoms with van der Waals surface area (Å²) < 4.78 is 13.6. The van der Waals surface area contributed by atoms with Gasteiger partial charge in [0, 0.05) is 11.6 Å². The van der Waals surface area contributed by atoms with Crippen molar-refractivity contribution in [2.75, 3.05) is 0 Å². The van der Waals surface area contributed by atoms with Crippen molar-refractivity contribution in [1.29, 1.82) is 0 Å². The van der Waals surface area contributed by atoms with Gasteiger partial charge in [0.05, 0.1) is 5.52 Å². The van der Waals surface area contributed by atoms with E-state index in [4.69, 9.17) is 0 Å². The van der Waals surface area contributed by atoms with Crippen molar-refractivity contribution in [1.82, 2.24) is 4.98 Å². The minimum Gasteiger partial charge on any atom is -0.256 e. The molecule has 0 aliphatic rings. The van der Waals surface area contributed by atoms with Crippen molar-refractivity contribution in [2.45, 2.75) is 19.8 Å². The van der Waals surface area contributed by atoms with Crippen molar-refractivity contribution < 1.29 is 4.39 Å². The molecule has 0 spiro atoms. The third-order valence-electron chi connectivity index (χ3n) is 2.37.